The summed E-state index contributed by atoms with van der Waals surface area (Å²) in [6, 6.07) is 6.87. The van der Waals surface area contributed by atoms with Crippen molar-refractivity contribution in [1.82, 2.24) is 20.2 Å². The van der Waals surface area contributed by atoms with Crippen LogP contribution in [-0.2, 0) is 17.8 Å². The molecule has 1 aromatic carbocycles. The lowest BCUT2D eigenvalue weighted by molar-refractivity contribution is -0.127. The third kappa shape index (κ3) is 3.80. The Hall–Kier alpha value is -2.67. The molecule has 1 aromatic heterocycles. The molecular weight excluding hydrogens is 356 g/mol. The van der Waals surface area contributed by atoms with Crippen LogP contribution in [0, 0.1) is 0 Å². The summed E-state index contributed by atoms with van der Waals surface area (Å²) < 4.78 is 0. The first-order chi connectivity index (χ1) is 13.5. The topological polar surface area (TPSA) is 98.3 Å². The van der Waals surface area contributed by atoms with E-state index in [9.17, 15) is 9.59 Å². The molecule has 148 valence electrons. The molecule has 0 saturated heterocycles. The van der Waals surface area contributed by atoms with Crippen LogP contribution < -0.4 is 5.32 Å². The van der Waals surface area contributed by atoms with Crippen molar-refractivity contribution < 1.29 is 14.7 Å². The molecule has 1 amide bonds. The van der Waals surface area contributed by atoms with Crippen LogP contribution in [0.1, 0.15) is 54.4 Å². The van der Waals surface area contributed by atoms with Gasteiger partial charge < -0.3 is 15.4 Å². The number of benzene rings is 1. The fourth-order valence-electron chi connectivity index (χ4n) is 4.11. The molecule has 2 aliphatic rings. The van der Waals surface area contributed by atoms with E-state index in [-0.39, 0.29) is 17.5 Å². The highest BCUT2D eigenvalue weighted by Gasteiger charge is 2.29. The molecule has 2 aromatic rings. The van der Waals surface area contributed by atoms with E-state index in [0.717, 1.165) is 48.6 Å². The summed E-state index contributed by atoms with van der Waals surface area (Å²) in [6.45, 7) is 3.43. The van der Waals surface area contributed by atoms with Gasteiger partial charge in [-0.05, 0) is 31.9 Å². The quantitative estimate of drug-likeness (QED) is 0.738. The number of aromatic amines is 1. The van der Waals surface area contributed by atoms with Crippen molar-refractivity contribution in [2.75, 3.05) is 6.54 Å². The van der Waals surface area contributed by atoms with Crippen LogP contribution in [0.25, 0.3) is 11.4 Å². The van der Waals surface area contributed by atoms with E-state index < -0.39 is 5.97 Å². The maximum absolute atomic E-state index is 12.6. The number of rotatable bonds is 5. The van der Waals surface area contributed by atoms with Crippen molar-refractivity contribution in [3.8, 4) is 11.4 Å². The molecule has 0 spiro atoms. The maximum Gasteiger partial charge on any atom is 0.335 e. The molecule has 7 nitrogen and oxygen atoms in total. The zero-order valence-electron chi connectivity index (χ0n) is 16.1. The Morgan fingerprint density at radius 3 is 2.64 bits per heavy atom. The lowest BCUT2D eigenvalue weighted by Crippen LogP contribution is -2.49. The third-order valence-electron chi connectivity index (χ3n) is 5.90. The predicted molar refractivity (Wildman–Crippen MR) is 105 cm³/mol. The number of H-pyrrole nitrogens is 1. The summed E-state index contributed by atoms with van der Waals surface area (Å²) in [5.41, 5.74) is 3.17. The van der Waals surface area contributed by atoms with E-state index in [1.54, 1.807) is 24.3 Å². The van der Waals surface area contributed by atoms with Gasteiger partial charge >= 0.3 is 5.97 Å². The zero-order valence-corrected chi connectivity index (χ0v) is 16.1. The van der Waals surface area contributed by atoms with Crippen molar-refractivity contribution in [1.29, 1.82) is 0 Å². The van der Waals surface area contributed by atoms with Crippen LogP contribution >= 0.6 is 0 Å². The summed E-state index contributed by atoms with van der Waals surface area (Å²) in [5.74, 6) is -0.0861. The van der Waals surface area contributed by atoms with Crippen molar-refractivity contribution in [3.05, 3.63) is 41.2 Å². The Labute approximate surface area is 164 Å². The fraction of sp³-hybridized carbons (Fsp3) is 0.476. The number of carbonyl (C=O) groups excluding carboxylic acids is 1. The van der Waals surface area contributed by atoms with Crippen LogP contribution in [0.4, 0.5) is 0 Å². The Bertz CT molecular complexity index is 868. The van der Waals surface area contributed by atoms with Gasteiger partial charge in [-0.3, -0.25) is 9.69 Å². The number of carboxylic acid groups (broad SMARTS) is 1. The second kappa shape index (κ2) is 7.75. The Morgan fingerprint density at radius 2 is 1.96 bits per heavy atom. The van der Waals surface area contributed by atoms with Gasteiger partial charge in [0, 0.05) is 31.1 Å². The molecule has 1 aliphatic heterocycles. The van der Waals surface area contributed by atoms with Crippen LogP contribution in [-0.4, -0.2) is 50.5 Å². The molecular formula is C21H26N4O3. The Morgan fingerprint density at radius 1 is 1.25 bits per heavy atom. The van der Waals surface area contributed by atoms with E-state index in [2.05, 4.69) is 20.2 Å². The van der Waals surface area contributed by atoms with E-state index in [4.69, 9.17) is 5.11 Å². The van der Waals surface area contributed by atoms with Crippen LogP contribution in [0.3, 0.4) is 0 Å². The number of fused-ring (bicyclic) bond motifs is 1. The first-order valence-electron chi connectivity index (χ1n) is 9.97. The third-order valence-corrected chi connectivity index (χ3v) is 5.90. The number of hydrogen-bond acceptors (Lipinski definition) is 4. The summed E-state index contributed by atoms with van der Waals surface area (Å²) in [5, 5.41) is 12.2. The van der Waals surface area contributed by atoms with Gasteiger partial charge in [-0.2, -0.15) is 0 Å². The van der Waals surface area contributed by atoms with E-state index >= 15 is 0 Å². The molecule has 2 heterocycles. The summed E-state index contributed by atoms with van der Waals surface area (Å²) in [7, 11) is 0. The molecule has 1 aliphatic carbocycles. The first-order valence-corrected chi connectivity index (χ1v) is 9.97. The maximum atomic E-state index is 12.6. The first kappa shape index (κ1) is 18.7. The summed E-state index contributed by atoms with van der Waals surface area (Å²) >= 11 is 0. The number of imidazole rings is 1. The number of aromatic nitrogens is 2. The van der Waals surface area contributed by atoms with Gasteiger partial charge in [-0.15, -0.1) is 0 Å². The number of nitrogens with one attached hydrogen (secondary N) is 2. The zero-order chi connectivity index (χ0) is 19.7. The van der Waals surface area contributed by atoms with Gasteiger partial charge in [0.1, 0.15) is 5.82 Å². The second-order valence-electron chi connectivity index (χ2n) is 7.78. The van der Waals surface area contributed by atoms with E-state index in [0.29, 0.717) is 12.6 Å². The van der Waals surface area contributed by atoms with Gasteiger partial charge in [-0.25, -0.2) is 9.78 Å². The van der Waals surface area contributed by atoms with Gasteiger partial charge in [0.15, 0.2) is 0 Å². The molecule has 7 heteroatoms. The average molecular weight is 382 g/mol. The normalized spacial score (nSPS) is 18.6. The minimum Gasteiger partial charge on any atom is -0.478 e. The second-order valence-corrected chi connectivity index (χ2v) is 7.78. The lowest BCUT2D eigenvalue weighted by Gasteiger charge is -2.31. The molecule has 0 radical (unpaired) electrons. The smallest absolute Gasteiger partial charge is 0.335 e. The van der Waals surface area contributed by atoms with Crippen molar-refractivity contribution in [2.24, 2.45) is 0 Å². The van der Waals surface area contributed by atoms with Crippen LogP contribution in [0.2, 0.25) is 0 Å². The van der Waals surface area contributed by atoms with Gasteiger partial charge in [0.2, 0.25) is 5.91 Å². The molecule has 0 bridgehead atoms. The molecule has 1 saturated carbocycles. The Kier molecular flexibility index (Phi) is 5.17. The minimum absolute atomic E-state index is 0.111. The lowest BCUT2D eigenvalue weighted by atomic mass is 10.1. The molecule has 28 heavy (non-hydrogen) atoms. The summed E-state index contributed by atoms with van der Waals surface area (Å²) in [6.07, 6.45) is 5.38. The van der Waals surface area contributed by atoms with Gasteiger partial charge in [-0.1, -0.05) is 25.0 Å². The molecule has 1 atom stereocenters. The van der Waals surface area contributed by atoms with Crippen LogP contribution in [0.5, 0.6) is 0 Å². The molecule has 3 N–H and O–H groups in total. The molecule has 1 fully saturated rings. The monoisotopic (exact) mass is 382 g/mol. The molecule has 1 unspecified atom stereocenters. The Balaban J connectivity index is 1.43. The van der Waals surface area contributed by atoms with E-state index in [1.165, 1.54) is 12.8 Å². The largest absolute Gasteiger partial charge is 0.478 e. The number of aromatic carboxylic acids is 1. The number of carboxylic acids is 1. The van der Waals surface area contributed by atoms with Gasteiger partial charge in [0.05, 0.1) is 23.0 Å². The standard InChI is InChI=1S/C21H26N4O3/c1-13(20(26)22-16-4-2-3-5-16)25-11-10-17-18(12-25)24-19(23-17)14-6-8-15(9-7-14)21(27)28/h6-9,13,16H,2-5,10-12H2,1H3,(H,22,26)(H,23,24)(H,27,28). The number of hydrogen-bond donors (Lipinski definition) is 3. The minimum atomic E-state index is -0.939. The van der Waals surface area contributed by atoms with Crippen LogP contribution in [0.15, 0.2) is 24.3 Å². The highest BCUT2D eigenvalue weighted by molar-refractivity contribution is 5.88. The fourth-order valence-corrected chi connectivity index (χ4v) is 4.11. The molecule has 4 rings (SSSR count). The highest BCUT2D eigenvalue weighted by atomic mass is 16.4. The van der Waals surface area contributed by atoms with Crippen molar-refractivity contribution in [3.63, 3.8) is 0 Å². The summed E-state index contributed by atoms with van der Waals surface area (Å²) in [4.78, 5) is 33.8. The SMILES string of the molecule is CC(C(=O)NC1CCCC1)N1CCc2nc(-c3ccc(C(=O)O)cc3)[nH]c2C1. The number of nitrogens with zero attached hydrogens (tertiary/aromatic N) is 2. The van der Waals surface area contributed by atoms with Gasteiger partial charge in [0.25, 0.3) is 0 Å². The predicted octanol–water partition coefficient (Wildman–Crippen LogP) is 2.58. The average Bonchev–Trinajstić information content (AvgIpc) is 3.36. The number of carbonyl (C=O) groups is 2. The van der Waals surface area contributed by atoms with Crippen molar-refractivity contribution >= 4 is 11.9 Å². The highest BCUT2D eigenvalue weighted by Crippen LogP contribution is 2.24. The number of amides is 1. The van der Waals surface area contributed by atoms with Crippen molar-refractivity contribution in [2.45, 2.75) is 57.7 Å². The van der Waals surface area contributed by atoms with E-state index in [1.807, 2.05) is 6.92 Å².